The molecule has 0 unspecified atom stereocenters. The monoisotopic (exact) mass is 623 g/mol. The summed E-state index contributed by atoms with van der Waals surface area (Å²) in [6, 6.07) is 45.3. The van der Waals surface area contributed by atoms with Crippen LogP contribution in [-0.2, 0) is 25.8 Å². The van der Waals surface area contributed by atoms with Crippen LogP contribution in [0.2, 0.25) is 0 Å². The van der Waals surface area contributed by atoms with Crippen molar-refractivity contribution in [1.82, 2.24) is 0 Å². The zero-order valence-electron chi connectivity index (χ0n) is 25.2. The molecule has 0 aliphatic carbocycles. The molecule has 0 saturated carbocycles. The van der Waals surface area contributed by atoms with Crippen molar-refractivity contribution in [2.75, 3.05) is 0 Å². The third-order valence-electron chi connectivity index (χ3n) is 8.11. The fraction of sp³-hybridized carbons (Fsp3) is 0. The maximum Gasteiger partial charge on any atom is 1.00 e. The van der Waals surface area contributed by atoms with Crippen LogP contribution in [0.1, 0.15) is 0 Å². The van der Waals surface area contributed by atoms with Crippen LogP contribution in [0.4, 0.5) is 0 Å². The summed E-state index contributed by atoms with van der Waals surface area (Å²) in [6.07, 6.45) is 0. The number of hydrogen-bond donors (Lipinski definition) is 3. The number of rotatable bonds is 2. The Morgan fingerprint density at radius 2 is 0.587 bits per heavy atom. The van der Waals surface area contributed by atoms with Crippen LogP contribution in [0, 0.1) is 0 Å². The Balaban J connectivity index is 0.000000174. The minimum atomic E-state index is -0.0784. The van der Waals surface area contributed by atoms with Gasteiger partial charge in [0.2, 0.25) is 0 Å². The van der Waals surface area contributed by atoms with Gasteiger partial charge in [-0.15, -0.1) is 5.75 Å². The van der Waals surface area contributed by atoms with E-state index in [-0.39, 0.29) is 67.7 Å². The SMILES string of the molecule is Oc1ccc2ccccc2c1-c1c(O)ccc2ccccc12.[Li+].[O-]c1ccc2ccccc2c1-c1c(O)ccc2ccccc12.[Sc]. The van der Waals surface area contributed by atoms with Crippen molar-refractivity contribution in [2.45, 2.75) is 0 Å². The van der Waals surface area contributed by atoms with Gasteiger partial charge in [-0.3, -0.25) is 0 Å². The summed E-state index contributed by atoms with van der Waals surface area (Å²) in [7, 11) is 0. The first-order chi connectivity index (χ1) is 21.5. The summed E-state index contributed by atoms with van der Waals surface area (Å²) < 4.78 is 0. The number of fused-ring (bicyclic) bond motifs is 4. The van der Waals surface area contributed by atoms with E-state index in [2.05, 4.69) is 0 Å². The van der Waals surface area contributed by atoms with Crippen molar-refractivity contribution in [1.29, 1.82) is 0 Å². The molecule has 0 fully saturated rings. The molecule has 8 aromatic carbocycles. The predicted molar refractivity (Wildman–Crippen MR) is 178 cm³/mol. The first-order valence-corrected chi connectivity index (χ1v) is 14.3. The fourth-order valence-electron chi connectivity index (χ4n) is 6.08. The summed E-state index contributed by atoms with van der Waals surface area (Å²) in [5.41, 5.74) is 2.52. The molecule has 4 nitrogen and oxygen atoms in total. The van der Waals surface area contributed by atoms with Gasteiger partial charge >= 0.3 is 18.9 Å². The van der Waals surface area contributed by atoms with E-state index >= 15 is 0 Å². The zero-order chi connectivity index (χ0) is 30.2. The molecule has 1 radical (unpaired) electrons. The molecule has 0 atom stereocenters. The normalized spacial score (nSPS) is 10.6. The van der Waals surface area contributed by atoms with Crippen LogP contribution in [0.5, 0.6) is 23.0 Å². The molecule has 0 saturated heterocycles. The third kappa shape index (κ3) is 5.90. The van der Waals surface area contributed by atoms with Crippen LogP contribution < -0.4 is 24.0 Å². The Morgan fingerprint density at radius 3 is 0.935 bits per heavy atom. The Bertz CT molecular complexity index is 2020. The summed E-state index contributed by atoms with van der Waals surface area (Å²) in [5.74, 6) is 0.396. The van der Waals surface area contributed by atoms with E-state index < -0.39 is 0 Å². The van der Waals surface area contributed by atoms with Gasteiger partial charge in [0.05, 0.1) is 0 Å². The summed E-state index contributed by atoms with van der Waals surface area (Å²) in [6.45, 7) is 0. The quantitative estimate of drug-likeness (QED) is 0.192. The van der Waals surface area contributed by atoms with Crippen molar-refractivity contribution in [3.8, 4) is 45.3 Å². The molecule has 215 valence electrons. The molecular formula is C40H27LiO4Sc. The number of aromatic hydroxyl groups is 3. The number of phenolic OH excluding ortho intramolecular Hbond substituents is 3. The van der Waals surface area contributed by atoms with Gasteiger partial charge < -0.3 is 20.4 Å². The van der Waals surface area contributed by atoms with E-state index in [1.54, 1.807) is 24.3 Å². The number of hydrogen-bond acceptors (Lipinski definition) is 4. The largest absolute Gasteiger partial charge is 1.00 e. The van der Waals surface area contributed by atoms with Crippen molar-refractivity contribution >= 4 is 43.1 Å². The van der Waals surface area contributed by atoms with Crippen LogP contribution in [0.15, 0.2) is 146 Å². The van der Waals surface area contributed by atoms with Gasteiger partial charge in [-0.25, -0.2) is 0 Å². The molecule has 46 heavy (non-hydrogen) atoms. The second kappa shape index (κ2) is 13.8. The van der Waals surface area contributed by atoms with Gasteiger partial charge in [0.25, 0.3) is 0 Å². The Morgan fingerprint density at radius 1 is 0.326 bits per heavy atom. The summed E-state index contributed by atoms with van der Waals surface area (Å²) in [4.78, 5) is 0. The molecule has 3 N–H and O–H groups in total. The zero-order valence-corrected chi connectivity index (χ0v) is 27.0. The summed E-state index contributed by atoms with van der Waals surface area (Å²) in [5, 5.41) is 51.4. The molecule has 0 amide bonds. The van der Waals surface area contributed by atoms with Crippen LogP contribution in [0.3, 0.4) is 0 Å². The minimum Gasteiger partial charge on any atom is -0.872 e. The average molecular weight is 624 g/mol. The standard InChI is InChI=1S/2C20H14O2.Li.Sc/c2*21-17-11-9-13-5-1-3-7-15(13)19(17)20-16-8-4-2-6-14(16)10-12-18(20)22;;/h2*1-12,21-22H;;/q;;+1;/p-1. The number of benzene rings is 8. The van der Waals surface area contributed by atoms with Crippen molar-refractivity contribution in [3.63, 3.8) is 0 Å². The Kier molecular flexibility index (Phi) is 9.89. The third-order valence-corrected chi connectivity index (χ3v) is 8.11. The van der Waals surface area contributed by atoms with Crippen molar-refractivity contribution < 1.29 is 65.1 Å². The van der Waals surface area contributed by atoms with E-state index in [4.69, 9.17) is 0 Å². The molecule has 0 aliphatic rings. The maximum atomic E-state index is 12.5. The van der Waals surface area contributed by atoms with E-state index in [0.29, 0.717) is 22.3 Å². The molecule has 0 spiro atoms. The van der Waals surface area contributed by atoms with Gasteiger partial charge in [0.15, 0.2) is 0 Å². The molecule has 0 aliphatic heterocycles. The topological polar surface area (TPSA) is 83.8 Å². The Labute approximate surface area is 297 Å². The van der Waals surface area contributed by atoms with Gasteiger partial charge in [-0.2, -0.15) is 0 Å². The number of phenols is 3. The van der Waals surface area contributed by atoms with Gasteiger partial charge in [0.1, 0.15) is 17.2 Å². The first-order valence-electron chi connectivity index (χ1n) is 14.3. The van der Waals surface area contributed by atoms with E-state index in [1.165, 1.54) is 0 Å². The van der Waals surface area contributed by atoms with E-state index in [0.717, 1.165) is 43.1 Å². The first kappa shape index (κ1) is 32.8. The molecule has 0 aromatic heterocycles. The average Bonchev–Trinajstić information content (AvgIpc) is 3.06. The van der Waals surface area contributed by atoms with Crippen LogP contribution in [-0.4, -0.2) is 15.3 Å². The van der Waals surface area contributed by atoms with Crippen LogP contribution >= 0.6 is 0 Å². The van der Waals surface area contributed by atoms with E-state index in [1.807, 2.05) is 121 Å². The Hall–Kier alpha value is -4.53. The predicted octanol–water partition coefficient (Wildman–Crippen LogP) is 6.51. The van der Waals surface area contributed by atoms with Crippen LogP contribution in [0.25, 0.3) is 65.3 Å². The van der Waals surface area contributed by atoms with Gasteiger partial charge in [0, 0.05) is 42.5 Å². The molecule has 0 bridgehead atoms. The van der Waals surface area contributed by atoms with Crippen molar-refractivity contribution in [3.05, 3.63) is 146 Å². The minimum absolute atomic E-state index is 0. The smallest absolute Gasteiger partial charge is 0.872 e. The molecule has 8 aromatic rings. The second-order valence-electron chi connectivity index (χ2n) is 10.7. The molecule has 0 heterocycles. The van der Waals surface area contributed by atoms with Gasteiger partial charge in [-0.05, 0) is 66.9 Å². The van der Waals surface area contributed by atoms with Gasteiger partial charge in [-0.1, -0.05) is 127 Å². The van der Waals surface area contributed by atoms with E-state index in [9.17, 15) is 20.4 Å². The second-order valence-corrected chi connectivity index (χ2v) is 10.7. The fourth-order valence-corrected chi connectivity index (χ4v) is 6.08. The molecule has 6 heteroatoms. The maximum absolute atomic E-state index is 12.5. The summed E-state index contributed by atoms with van der Waals surface area (Å²) >= 11 is 0. The molecule has 8 rings (SSSR count). The van der Waals surface area contributed by atoms with Crippen molar-refractivity contribution in [2.24, 2.45) is 0 Å². The molecular weight excluding hydrogens is 596 g/mol.